The number of likely N-dealkylation sites (tertiary alicyclic amines) is 1. The molecule has 3 aromatic rings. The molecule has 1 aromatic heterocycles. The van der Waals surface area contributed by atoms with Crippen LogP contribution in [-0.4, -0.2) is 38.9 Å². The lowest BCUT2D eigenvalue weighted by Crippen LogP contribution is -2.28. The molecule has 1 amide bonds. The third kappa shape index (κ3) is 3.99. The van der Waals surface area contributed by atoms with Crippen LogP contribution in [0.1, 0.15) is 34.0 Å². The summed E-state index contributed by atoms with van der Waals surface area (Å²) in [4.78, 5) is 14.6. The maximum absolute atomic E-state index is 12.8. The molecule has 2 aromatic carbocycles. The highest BCUT2D eigenvalue weighted by molar-refractivity contribution is 6.31. The fourth-order valence-corrected chi connectivity index (χ4v) is 3.81. The van der Waals surface area contributed by atoms with Gasteiger partial charge in [0.1, 0.15) is 0 Å². The third-order valence-corrected chi connectivity index (χ3v) is 5.45. The zero-order valence-electron chi connectivity index (χ0n) is 14.6. The van der Waals surface area contributed by atoms with Gasteiger partial charge in [-0.25, -0.2) is 4.68 Å². The van der Waals surface area contributed by atoms with Gasteiger partial charge in [0.15, 0.2) is 5.69 Å². The van der Waals surface area contributed by atoms with Crippen LogP contribution in [0.3, 0.4) is 0 Å². The Morgan fingerprint density at radius 1 is 1.15 bits per heavy atom. The minimum absolute atomic E-state index is 0.0927. The van der Waals surface area contributed by atoms with E-state index in [1.54, 1.807) is 10.9 Å². The summed E-state index contributed by atoms with van der Waals surface area (Å²) in [5.74, 6) is 0.204. The van der Waals surface area contributed by atoms with E-state index in [1.807, 2.05) is 47.4 Å². The summed E-state index contributed by atoms with van der Waals surface area (Å²) in [5, 5.41) is 9.53. The SMILES string of the molecule is O=C(c1cn(Cc2ccccc2Cl)nn1)N1CC[C@H](c2cccc(Cl)c2)C1. The molecule has 27 heavy (non-hydrogen) atoms. The van der Waals surface area contributed by atoms with Gasteiger partial charge < -0.3 is 4.90 Å². The molecule has 0 radical (unpaired) electrons. The van der Waals surface area contributed by atoms with Gasteiger partial charge in [-0.15, -0.1) is 5.10 Å². The van der Waals surface area contributed by atoms with Crippen LogP contribution < -0.4 is 0 Å². The van der Waals surface area contributed by atoms with Crippen LogP contribution in [0.5, 0.6) is 0 Å². The van der Waals surface area contributed by atoms with E-state index >= 15 is 0 Å². The predicted octanol–water partition coefficient (Wildman–Crippen LogP) is 4.26. The molecule has 1 aliphatic heterocycles. The Morgan fingerprint density at radius 2 is 2.00 bits per heavy atom. The van der Waals surface area contributed by atoms with E-state index in [1.165, 1.54) is 5.56 Å². The van der Waals surface area contributed by atoms with Crippen molar-refractivity contribution in [2.45, 2.75) is 18.9 Å². The van der Waals surface area contributed by atoms with Crippen molar-refractivity contribution in [2.24, 2.45) is 0 Å². The number of carbonyl (C=O) groups is 1. The van der Waals surface area contributed by atoms with Crippen molar-refractivity contribution in [2.75, 3.05) is 13.1 Å². The average molecular weight is 401 g/mol. The highest BCUT2D eigenvalue weighted by Crippen LogP contribution is 2.29. The lowest BCUT2D eigenvalue weighted by Gasteiger charge is -2.15. The number of hydrogen-bond donors (Lipinski definition) is 0. The van der Waals surface area contributed by atoms with Crippen molar-refractivity contribution in [3.63, 3.8) is 0 Å². The number of carbonyl (C=O) groups excluding carboxylic acids is 1. The summed E-state index contributed by atoms with van der Waals surface area (Å²) in [6, 6.07) is 15.4. The van der Waals surface area contributed by atoms with Crippen molar-refractivity contribution in [1.82, 2.24) is 19.9 Å². The van der Waals surface area contributed by atoms with E-state index in [0.29, 0.717) is 36.3 Å². The topological polar surface area (TPSA) is 51.0 Å². The first-order valence-corrected chi connectivity index (χ1v) is 9.54. The minimum atomic E-state index is -0.0927. The summed E-state index contributed by atoms with van der Waals surface area (Å²) in [6.45, 7) is 1.84. The smallest absolute Gasteiger partial charge is 0.276 e. The van der Waals surface area contributed by atoms with Gasteiger partial charge >= 0.3 is 0 Å². The van der Waals surface area contributed by atoms with Crippen LogP contribution in [0.4, 0.5) is 0 Å². The summed E-state index contributed by atoms with van der Waals surface area (Å²) >= 11 is 12.3. The molecule has 1 atom stereocenters. The molecule has 0 N–H and O–H groups in total. The van der Waals surface area contributed by atoms with Gasteiger partial charge in [0.05, 0.1) is 12.7 Å². The van der Waals surface area contributed by atoms with Gasteiger partial charge in [0, 0.05) is 29.1 Å². The Bertz CT molecular complexity index is 972. The van der Waals surface area contributed by atoms with Crippen molar-refractivity contribution < 1.29 is 4.79 Å². The molecule has 0 bridgehead atoms. The second-order valence-corrected chi connectivity index (χ2v) is 7.53. The third-order valence-electron chi connectivity index (χ3n) is 4.84. The second-order valence-electron chi connectivity index (χ2n) is 6.68. The van der Waals surface area contributed by atoms with Crippen molar-refractivity contribution >= 4 is 29.1 Å². The van der Waals surface area contributed by atoms with Crippen LogP contribution in [0.2, 0.25) is 10.0 Å². The number of halogens is 2. The maximum atomic E-state index is 12.8. The normalized spacial score (nSPS) is 16.7. The Kier molecular flexibility index (Phi) is 5.14. The molecular formula is C20H18Cl2N4O. The summed E-state index contributed by atoms with van der Waals surface area (Å²) in [7, 11) is 0. The molecule has 0 saturated carbocycles. The standard InChI is InChI=1S/C20H18Cl2N4O/c21-17-6-3-5-14(10-17)15-8-9-25(11-15)20(27)19-13-26(24-23-19)12-16-4-1-2-7-18(16)22/h1-7,10,13,15H,8-9,11-12H2/t15-/m0/s1. The van der Waals surface area contributed by atoms with Crippen LogP contribution in [0.15, 0.2) is 54.7 Å². The predicted molar refractivity (Wildman–Crippen MR) is 105 cm³/mol. The molecule has 0 spiro atoms. The summed E-state index contributed by atoms with van der Waals surface area (Å²) in [6.07, 6.45) is 2.60. The Balaban J connectivity index is 1.43. The average Bonchev–Trinajstić information content (AvgIpc) is 3.33. The van der Waals surface area contributed by atoms with E-state index in [0.717, 1.165) is 17.0 Å². The molecule has 7 heteroatoms. The van der Waals surface area contributed by atoms with Crippen LogP contribution in [0.25, 0.3) is 0 Å². The van der Waals surface area contributed by atoms with E-state index in [-0.39, 0.29) is 5.91 Å². The van der Waals surface area contributed by atoms with E-state index in [2.05, 4.69) is 16.4 Å². The zero-order chi connectivity index (χ0) is 18.8. The molecular weight excluding hydrogens is 383 g/mol. The van der Waals surface area contributed by atoms with Crippen LogP contribution >= 0.6 is 23.2 Å². The molecule has 0 unspecified atom stereocenters. The highest BCUT2D eigenvalue weighted by atomic mass is 35.5. The van der Waals surface area contributed by atoms with Gasteiger partial charge in [-0.2, -0.15) is 0 Å². The van der Waals surface area contributed by atoms with Gasteiger partial charge in [-0.3, -0.25) is 4.79 Å². The number of aromatic nitrogens is 3. The first-order valence-electron chi connectivity index (χ1n) is 8.78. The van der Waals surface area contributed by atoms with Crippen LogP contribution in [0, 0.1) is 0 Å². The maximum Gasteiger partial charge on any atom is 0.276 e. The number of hydrogen-bond acceptors (Lipinski definition) is 3. The second kappa shape index (κ2) is 7.71. The fraction of sp³-hybridized carbons (Fsp3) is 0.250. The first kappa shape index (κ1) is 18.0. The summed E-state index contributed by atoms with van der Waals surface area (Å²) < 4.78 is 1.64. The summed E-state index contributed by atoms with van der Waals surface area (Å²) in [5.41, 5.74) is 2.46. The Morgan fingerprint density at radius 3 is 2.81 bits per heavy atom. The quantitative estimate of drug-likeness (QED) is 0.657. The molecule has 5 nitrogen and oxygen atoms in total. The van der Waals surface area contributed by atoms with Gasteiger partial charge in [-0.05, 0) is 35.7 Å². The van der Waals surface area contributed by atoms with Crippen molar-refractivity contribution in [1.29, 1.82) is 0 Å². The van der Waals surface area contributed by atoms with Gasteiger partial charge in [0.25, 0.3) is 5.91 Å². The Labute approximate surface area is 167 Å². The van der Waals surface area contributed by atoms with Crippen molar-refractivity contribution in [3.8, 4) is 0 Å². The molecule has 138 valence electrons. The number of benzene rings is 2. The zero-order valence-corrected chi connectivity index (χ0v) is 16.1. The van der Waals surface area contributed by atoms with Gasteiger partial charge in [0.2, 0.25) is 0 Å². The lowest BCUT2D eigenvalue weighted by molar-refractivity contribution is 0.0785. The minimum Gasteiger partial charge on any atom is -0.337 e. The van der Waals surface area contributed by atoms with E-state index < -0.39 is 0 Å². The fourth-order valence-electron chi connectivity index (χ4n) is 3.41. The van der Waals surface area contributed by atoms with E-state index in [4.69, 9.17) is 23.2 Å². The van der Waals surface area contributed by atoms with E-state index in [9.17, 15) is 4.79 Å². The monoisotopic (exact) mass is 400 g/mol. The molecule has 0 aliphatic carbocycles. The molecule has 1 fully saturated rings. The first-order chi connectivity index (χ1) is 13.1. The van der Waals surface area contributed by atoms with Crippen LogP contribution in [-0.2, 0) is 6.54 Å². The van der Waals surface area contributed by atoms with Crippen molar-refractivity contribution in [3.05, 3.63) is 81.6 Å². The molecule has 1 aliphatic rings. The molecule has 4 rings (SSSR count). The van der Waals surface area contributed by atoms with Gasteiger partial charge in [-0.1, -0.05) is 58.7 Å². The lowest BCUT2D eigenvalue weighted by atomic mass is 9.99. The Hall–Kier alpha value is -2.37. The number of rotatable bonds is 4. The largest absolute Gasteiger partial charge is 0.337 e. The molecule has 1 saturated heterocycles. The number of nitrogens with zero attached hydrogens (tertiary/aromatic N) is 4. The highest BCUT2D eigenvalue weighted by Gasteiger charge is 2.29. The number of amides is 1. The molecule has 2 heterocycles.